The van der Waals surface area contributed by atoms with Crippen molar-refractivity contribution in [3.8, 4) is 0 Å². The first-order chi connectivity index (χ1) is 8.54. The van der Waals surface area contributed by atoms with Crippen molar-refractivity contribution in [1.82, 2.24) is 14.7 Å². The van der Waals surface area contributed by atoms with Gasteiger partial charge in [-0.15, -0.1) is 0 Å². The second kappa shape index (κ2) is 5.18. The largest absolute Gasteiger partial charge is 0.394 e. The number of nitrogens with zero attached hydrogens (tertiary/aromatic N) is 4. The fourth-order valence-corrected chi connectivity index (χ4v) is 2.88. The number of hydrogen-bond donors (Lipinski definition) is 1. The van der Waals surface area contributed by atoms with Crippen LogP contribution in [-0.4, -0.2) is 47.4 Å². The summed E-state index contributed by atoms with van der Waals surface area (Å²) in [5.41, 5.74) is 7.87. The SMILES string of the molecule is CCN1CCC(N(C)c2c(N)c(C)nn2C)CC1. The van der Waals surface area contributed by atoms with Gasteiger partial charge in [-0.3, -0.25) is 4.68 Å². The molecule has 1 fully saturated rings. The summed E-state index contributed by atoms with van der Waals surface area (Å²) >= 11 is 0. The summed E-state index contributed by atoms with van der Waals surface area (Å²) in [5.74, 6) is 1.06. The van der Waals surface area contributed by atoms with Crippen LogP contribution in [0.25, 0.3) is 0 Å². The molecule has 2 rings (SSSR count). The van der Waals surface area contributed by atoms with Gasteiger partial charge in [-0.05, 0) is 26.3 Å². The summed E-state index contributed by atoms with van der Waals surface area (Å²) < 4.78 is 1.90. The molecule has 1 saturated heterocycles. The van der Waals surface area contributed by atoms with Crippen molar-refractivity contribution in [3.05, 3.63) is 5.69 Å². The van der Waals surface area contributed by atoms with Crippen LogP contribution in [0.5, 0.6) is 0 Å². The monoisotopic (exact) mass is 251 g/mol. The predicted molar refractivity (Wildman–Crippen MR) is 75.9 cm³/mol. The van der Waals surface area contributed by atoms with Crippen LogP contribution in [0.3, 0.4) is 0 Å². The van der Waals surface area contributed by atoms with Gasteiger partial charge < -0.3 is 15.5 Å². The standard InChI is InChI=1S/C13H25N5/c1-5-18-8-6-11(7-9-18)16(3)13-12(14)10(2)15-17(13)4/h11H,5-9,14H2,1-4H3. The maximum atomic E-state index is 6.13. The first-order valence-corrected chi connectivity index (χ1v) is 6.78. The number of hydrogen-bond acceptors (Lipinski definition) is 4. The number of aryl methyl sites for hydroxylation is 2. The van der Waals surface area contributed by atoms with E-state index in [0.29, 0.717) is 6.04 Å². The quantitative estimate of drug-likeness (QED) is 0.878. The van der Waals surface area contributed by atoms with Crippen LogP contribution >= 0.6 is 0 Å². The van der Waals surface area contributed by atoms with Crippen molar-refractivity contribution in [1.29, 1.82) is 0 Å². The van der Waals surface area contributed by atoms with E-state index in [1.165, 1.54) is 25.9 Å². The van der Waals surface area contributed by atoms with Gasteiger partial charge in [-0.25, -0.2) is 0 Å². The minimum atomic E-state index is 0.574. The lowest BCUT2D eigenvalue weighted by Crippen LogP contribution is -2.44. The van der Waals surface area contributed by atoms with Crippen molar-refractivity contribution in [2.45, 2.75) is 32.7 Å². The van der Waals surface area contributed by atoms with E-state index in [1.54, 1.807) is 0 Å². The van der Waals surface area contributed by atoms with Crippen molar-refractivity contribution < 1.29 is 0 Å². The number of aromatic nitrogens is 2. The van der Waals surface area contributed by atoms with Crippen LogP contribution in [0, 0.1) is 6.92 Å². The summed E-state index contributed by atoms with van der Waals surface area (Å²) in [7, 11) is 4.11. The zero-order valence-electron chi connectivity index (χ0n) is 12.0. The highest BCUT2D eigenvalue weighted by Crippen LogP contribution is 2.28. The number of nitrogens with two attached hydrogens (primary N) is 1. The molecule has 0 unspecified atom stereocenters. The third kappa shape index (κ3) is 2.32. The van der Waals surface area contributed by atoms with Gasteiger partial charge >= 0.3 is 0 Å². The second-order valence-corrected chi connectivity index (χ2v) is 5.22. The summed E-state index contributed by atoms with van der Waals surface area (Å²) in [6, 6.07) is 0.574. The smallest absolute Gasteiger partial charge is 0.150 e. The number of nitrogen functional groups attached to an aromatic ring is 1. The van der Waals surface area contributed by atoms with Crippen LogP contribution < -0.4 is 10.6 Å². The van der Waals surface area contributed by atoms with Crippen LogP contribution in [0.15, 0.2) is 0 Å². The molecule has 0 radical (unpaired) electrons. The van der Waals surface area contributed by atoms with Gasteiger partial charge in [0.25, 0.3) is 0 Å². The van der Waals surface area contributed by atoms with Crippen molar-refractivity contribution in [2.24, 2.45) is 7.05 Å². The molecule has 2 N–H and O–H groups in total. The van der Waals surface area contributed by atoms with E-state index in [2.05, 4.69) is 28.9 Å². The molecule has 2 heterocycles. The lowest BCUT2D eigenvalue weighted by atomic mass is 10.0. The number of likely N-dealkylation sites (tertiary alicyclic amines) is 1. The first kappa shape index (κ1) is 13.2. The highest BCUT2D eigenvalue weighted by Gasteiger charge is 2.25. The Morgan fingerprint density at radius 2 is 2.00 bits per heavy atom. The summed E-state index contributed by atoms with van der Waals surface area (Å²) in [6.07, 6.45) is 2.40. The molecule has 1 aliphatic rings. The van der Waals surface area contributed by atoms with Crippen LogP contribution in [0.1, 0.15) is 25.5 Å². The molecule has 1 aromatic heterocycles. The van der Waals surface area contributed by atoms with E-state index in [9.17, 15) is 0 Å². The Balaban J connectivity index is 2.10. The Morgan fingerprint density at radius 3 is 2.44 bits per heavy atom. The van der Waals surface area contributed by atoms with Crippen molar-refractivity contribution >= 4 is 11.5 Å². The third-order valence-corrected chi connectivity index (χ3v) is 4.12. The molecule has 18 heavy (non-hydrogen) atoms. The molecule has 1 aliphatic heterocycles. The Morgan fingerprint density at radius 1 is 1.39 bits per heavy atom. The molecule has 0 atom stereocenters. The Kier molecular flexibility index (Phi) is 3.80. The third-order valence-electron chi connectivity index (χ3n) is 4.12. The molecule has 0 spiro atoms. The molecular weight excluding hydrogens is 226 g/mol. The molecular formula is C13H25N5. The maximum Gasteiger partial charge on any atom is 0.150 e. The fourth-order valence-electron chi connectivity index (χ4n) is 2.88. The van der Waals surface area contributed by atoms with E-state index in [1.807, 2.05) is 18.7 Å². The predicted octanol–water partition coefficient (Wildman–Crippen LogP) is 1.23. The summed E-state index contributed by atoms with van der Waals surface area (Å²) in [5, 5.41) is 4.40. The van der Waals surface area contributed by atoms with Crippen LogP contribution in [-0.2, 0) is 7.05 Å². The zero-order valence-corrected chi connectivity index (χ0v) is 12.0. The van der Waals surface area contributed by atoms with Crippen molar-refractivity contribution in [2.75, 3.05) is 37.3 Å². The van der Waals surface area contributed by atoms with Gasteiger partial charge in [0.15, 0.2) is 0 Å². The van der Waals surface area contributed by atoms with E-state index in [0.717, 1.165) is 23.7 Å². The number of anilines is 2. The fraction of sp³-hybridized carbons (Fsp3) is 0.769. The van der Waals surface area contributed by atoms with Crippen LogP contribution in [0.2, 0.25) is 0 Å². The summed E-state index contributed by atoms with van der Waals surface area (Å²) in [4.78, 5) is 4.81. The minimum Gasteiger partial charge on any atom is -0.394 e. The Labute approximate surface area is 110 Å². The van der Waals surface area contributed by atoms with Gasteiger partial charge in [0.2, 0.25) is 0 Å². The molecule has 5 nitrogen and oxygen atoms in total. The van der Waals surface area contributed by atoms with E-state index in [4.69, 9.17) is 5.73 Å². The lowest BCUT2D eigenvalue weighted by molar-refractivity contribution is 0.220. The van der Waals surface area contributed by atoms with E-state index in [-0.39, 0.29) is 0 Å². The zero-order chi connectivity index (χ0) is 13.3. The van der Waals surface area contributed by atoms with E-state index >= 15 is 0 Å². The number of rotatable bonds is 3. The van der Waals surface area contributed by atoms with Gasteiger partial charge in [0, 0.05) is 33.2 Å². The normalized spacial score (nSPS) is 18.2. The highest BCUT2D eigenvalue weighted by molar-refractivity contribution is 5.66. The molecule has 0 amide bonds. The molecule has 0 bridgehead atoms. The first-order valence-electron chi connectivity index (χ1n) is 6.78. The minimum absolute atomic E-state index is 0.574. The topological polar surface area (TPSA) is 50.3 Å². The van der Waals surface area contributed by atoms with E-state index < -0.39 is 0 Å². The molecule has 5 heteroatoms. The molecule has 1 aromatic rings. The van der Waals surface area contributed by atoms with Gasteiger partial charge in [0.1, 0.15) is 5.82 Å². The molecule has 102 valence electrons. The van der Waals surface area contributed by atoms with Gasteiger partial charge in [-0.2, -0.15) is 5.10 Å². The second-order valence-electron chi connectivity index (χ2n) is 5.22. The maximum absolute atomic E-state index is 6.13. The van der Waals surface area contributed by atoms with Gasteiger partial charge in [-0.1, -0.05) is 6.92 Å². The Hall–Kier alpha value is -1.23. The molecule has 0 aromatic carbocycles. The highest BCUT2D eigenvalue weighted by atomic mass is 15.4. The van der Waals surface area contributed by atoms with Gasteiger partial charge in [0.05, 0.1) is 11.4 Å². The average Bonchev–Trinajstić information content (AvgIpc) is 2.63. The Bertz CT molecular complexity index is 404. The molecule has 0 saturated carbocycles. The summed E-state index contributed by atoms with van der Waals surface area (Å²) in [6.45, 7) is 7.72. The molecule has 0 aliphatic carbocycles. The lowest BCUT2D eigenvalue weighted by Gasteiger charge is -2.37. The average molecular weight is 251 g/mol. The van der Waals surface area contributed by atoms with Crippen molar-refractivity contribution in [3.63, 3.8) is 0 Å². The number of piperidine rings is 1. The van der Waals surface area contributed by atoms with Crippen LogP contribution in [0.4, 0.5) is 11.5 Å².